The van der Waals surface area contributed by atoms with Crippen LogP contribution in [0.25, 0.3) is 5.52 Å². The predicted octanol–water partition coefficient (Wildman–Crippen LogP) is 2.16. The predicted molar refractivity (Wildman–Crippen MR) is 134 cm³/mol. The third kappa shape index (κ3) is 5.69. The molecule has 1 saturated heterocycles. The molecule has 4 heterocycles. The Labute approximate surface area is 213 Å². The summed E-state index contributed by atoms with van der Waals surface area (Å²) in [5.41, 5.74) is 0.341. The molecule has 8 nitrogen and oxygen atoms in total. The third-order valence-electron chi connectivity index (χ3n) is 5.92. The normalized spacial score (nSPS) is 18.8. The first kappa shape index (κ1) is 26.1. The van der Waals surface area contributed by atoms with Gasteiger partial charge < -0.3 is 0 Å². The molecule has 1 radical (unpaired) electrons. The molecule has 2 atom stereocenters. The molecule has 0 aliphatic carbocycles. The van der Waals surface area contributed by atoms with Gasteiger partial charge in [0.25, 0.3) is 0 Å². The number of fused-ring (bicyclic) bond motifs is 1. The van der Waals surface area contributed by atoms with E-state index in [9.17, 15) is 16.3 Å². The van der Waals surface area contributed by atoms with E-state index in [1.54, 1.807) is 29.1 Å². The summed E-state index contributed by atoms with van der Waals surface area (Å²) >= 11 is -4.14. The number of halogens is 3. The summed E-state index contributed by atoms with van der Waals surface area (Å²) in [5.74, 6) is 5.50. The van der Waals surface area contributed by atoms with E-state index in [0.29, 0.717) is 24.3 Å². The van der Waals surface area contributed by atoms with Gasteiger partial charge >= 0.3 is 213 Å². The molecule has 193 valence electrons. The Hall–Kier alpha value is -3.00. The maximum absolute atomic E-state index is 14.5. The molecule has 4 rings (SSSR count). The van der Waals surface area contributed by atoms with Crippen molar-refractivity contribution in [1.29, 1.82) is 0 Å². The van der Waals surface area contributed by atoms with Crippen LogP contribution in [-0.2, 0) is 5.54 Å². The van der Waals surface area contributed by atoms with Crippen LogP contribution < -0.4 is 15.1 Å². The second kappa shape index (κ2) is 10.5. The fraction of sp³-hybridized carbons (Fsp3) is 0.458. The summed E-state index contributed by atoms with van der Waals surface area (Å²) in [7, 11) is 1.86. The summed E-state index contributed by atoms with van der Waals surface area (Å²) in [6, 6.07) is 4.46. The number of nitrogens with zero attached hydrogens (tertiary/aromatic N) is 5. The molecular formula is C24H29F3N7OSe. The van der Waals surface area contributed by atoms with Crippen LogP contribution in [0.3, 0.4) is 0 Å². The number of anilines is 1. The average Bonchev–Trinajstić information content (AvgIpc) is 3.44. The number of aromatic nitrogens is 4. The van der Waals surface area contributed by atoms with E-state index in [1.807, 2.05) is 32.7 Å². The SMILES string of the molecule is CN1CCC(Nc2cccc3c([Se](F)F)c(C#CCNC(=O)c4cnn(C(C)(C)C)c4)nn23)C(F)C1. The summed E-state index contributed by atoms with van der Waals surface area (Å²) in [6.45, 7) is 6.91. The van der Waals surface area contributed by atoms with Crippen LogP contribution in [0.15, 0.2) is 30.6 Å². The third-order valence-corrected chi connectivity index (χ3v) is 7.41. The first-order chi connectivity index (χ1) is 17.0. The van der Waals surface area contributed by atoms with E-state index in [4.69, 9.17) is 0 Å². The van der Waals surface area contributed by atoms with Gasteiger partial charge in [0.1, 0.15) is 0 Å². The van der Waals surface area contributed by atoms with E-state index in [1.165, 1.54) is 10.7 Å². The Morgan fingerprint density at radius 1 is 1.31 bits per heavy atom. The molecule has 2 unspecified atom stereocenters. The molecule has 1 aliphatic rings. The molecule has 12 heteroatoms. The van der Waals surface area contributed by atoms with Crippen molar-refractivity contribution in [3.05, 3.63) is 41.9 Å². The number of hydrogen-bond donors (Lipinski definition) is 2. The topological polar surface area (TPSA) is 79.5 Å². The fourth-order valence-corrected chi connectivity index (χ4v) is 5.12. The van der Waals surface area contributed by atoms with Crippen LogP contribution in [-0.4, -0.2) is 83.9 Å². The van der Waals surface area contributed by atoms with Crippen LogP contribution in [0.5, 0.6) is 0 Å². The van der Waals surface area contributed by atoms with E-state index < -0.39 is 27.0 Å². The van der Waals surface area contributed by atoms with E-state index in [-0.39, 0.29) is 33.7 Å². The number of hydrogen-bond acceptors (Lipinski definition) is 5. The van der Waals surface area contributed by atoms with Crippen molar-refractivity contribution in [3.8, 4) is 11.8 Å². The number of pyridine rings is 1. The number of alkyl halides is 1. The van der Waals surface area contributed by atoms with Gasteiger partial charge in [0.15, 0.2) is 0 Å². The Bertz CT molecular complexity index is 1300. The Morgan fingerprint density at radius 2 is 2.08 bits per heavy atom. The number of rotatable bonds is 5. The van der Waals surface area contributed by atoms with Gasteiger partial charge in [-0.15, -0.1) is 0 Å². The number of nitrogens with one attached hydrogen (secondary N) is 2. The molecule has 3 aromatic heterocycles. The minimum atomic E-state index is -4.14. The number of piperidine rings is 1. The Kier molecular flexibility index (Phi) is 7.64. The zero-order chi connectivity index (χ0) is 26.0. The quantitative estimate of drug-likeness (QED) is 0.365. The zero-order valence-corrected chi connectivity index (χ0v) is 22.3. The van der Waals surface area contributed by atoms with Crippen LogP contribution in [0.4, 0.5) is 17.3 Å². The fourth-order valence-electron chi connectivity index (χ4n) is 3.96. The monoisotopic (exact) mass is 568 g/mol. The van der Waals surface area contributed by atoms with Gasteiger partial charge in [-0.25, -0.2) is 0 Å². The summed E-state index contributed by atoms with van der Waals surface area (Å²) in [5, 5.41) is 14.3. The summed E-state index contributed by atoms with van der Waals surface area (Å²) in [4.78, 5) is 14.3. The second-order valence-corrected chi connectivity index (χ2v) is 11.5. The van der Waals surface area contributed by atoms with Gasteiger partial charge in [0.05, 0.1) is 0 Å². The standard InChI is InChI=1S/C24H29F3N7OSe/c1-24(2,3)33-14-16(13-29-33)23(35)28-11-6-7-19-22(36(26)27)20-8-5-9-21(34(20)31-19)30-18-10-12-32(4)15-17(18)25/h5,8-9,13-14,17-18,30H,10-12,15H2,1-4H3,(H,28,35). The molecule has 0 saturated carbocycles. The van der Waals surface area contributed by atoms with Crippen LogP contribution in [0, 0.1) is 11.8 Å². The van der Waals surface area contributed by atoms with Gasteiger partial charge in [0.2, 0.25) is 0 Å². The summed E-state index contributed by atoms with van der Waals surface area (Å²) in [6.07, 6.45) is 2.62. The van der Waals surface area contributed by atoms with Gasteiger partial charge in [-0.2, -0.15) is 0 Å². The number of amides is 1. The molecule has 0 spiro atoms. The van der Waals surface area contributed by atoms with Crippen molar-refractivity contribution in [2.24, 2.45) is 0 Å². The first-order valence-electron chi connectivity index (χ1n) is 11.5. The van der Waals surface area contributed by atoms with Crippen LogP contribution in [0.2, 0.25) is 0 Å². The molecule has 0 aromatic carbocycles. The van der Waals surface area contributed by atoms with Gasteiger partial charge in [0, 0.05) is 0 Å². The molecule has 0 bridgehead atoms. The zero-order valence-electron chi connectivity index (χ0n) is 20.6. The van der Waals surface area contributed by atoms with Gasteiger partial charge in [-0.05, 0) is 0 Å². The molecule has 1 fully saturated rings. The first-order valence-corrected chi connectivity index (χ1v) is 13.7. The minimum absolute atomic E-state index is 0.0331. The number of carbonyl (C=O) groups excluding carboxylic acids is 1. The molecule has 2 N–H and O–H groups in total. The van der Waals surface area contributed by atoms with Crippen LogP contribution in [0.1, 0.15) is 43.2 Å². The number of carbonyl (C=O) groups is 1. The molecule has 1 amide bonds. The van der Waals surface area contributed by atoms with Crippen molar-refractivity contribution in [2.75, 3.05) is 32.0 Å². The Morgan fingerprint density at radius 3 is 2.75 bits per heavy atom. The van der Waals surface area contributed by atoms with Crippen molar-refractivity contribution < 1.29 is 16.3 Å². The van der Waals surface area contributed by atoms with E-state index >= 15 is 0 Å². The van der Waals surface area contributed by atoms with Gasteiger partial charge in [-0.3, -0.25) is 0 Å². The van der Waals surface area contributed by atoms with Crippen LogP contribution >= 0.6 is 0 Å². The van der Waals surface area contributed by atoms with E-state index in [2.05, 4.69) is 32.7 Å². The molecule has 3 aromatic rings. The van der Waals surface area contributed by atoms with Crippen molar-refractivity contribution in [2.45, 2.75) is 44.9 Å². The maximum atomic E-state index is 14.5. The molecular weight excluding hydrogens is 538 g/mol. The number of likely N-dealkylation sites (tertiary alicyclic amines) is 1. The van der Waals surface area contributed by atoms with Crippen molar-refractivity contribution >= 4 is 36.5 Å². The van der Waals surface area contributed by atoms with E-state index in [0.717, 1.165) is 6.54 Å². The van der Waals surface area contributed by atoms with Crippen molar-refractivity contribution in [1.82, 2.24) is 29.6 Å². The molecule has 36 heavy (non-hydrogen) atoms. The second-order valence-electron chi connectivity index (χ2n) is 9.75. The summed E-state index contributed by atoms with van der Waals surface area (Å²) < 4.78 is 45.6. The Balaban J connectivity index is 1.51. The van der Waals surface area contributed by atoms with Gasteiger partial charge in [-0.1, -0.05) is 0 Å². The average molecular weight is 567 g/mol. The molecule has 1 aliphatic heterocycles. The van der Waals surface area contributed by atoms with Crippen molar-refractivity contribution in [3.63, 3.8) is 0 Å².